The number of carbonyl (C=O) groups is 1. The average Bonchev–Trinajstić information content (AvgIpc) is 2.22. The van der Waals surface area contributed by atoms with Crippen molar-refractivity contribution >= 4 is 23.2 Å². The Balaban J connectivity index is 2.41. The van der Waals surface area contributed by atoms with E-state index in [-0.39, 0.29) is 12.5 Å². The summed E-state index contributed by atoms with van der Waals surface area (Å²) in [6, 6.07) is 1.62. The van der Waals surface area contributed by atoms with Crippen LogP contribution in [0.25, 0.3) is 0 Å². The van der Waals surface area contributed by atoms with E-state index in [4.69, 9.17) is 16.7 Å². The van der Waals surface area contributed by atoms with E-state index >= 15 is 0 Å². The van der Waals surface area contributed by atoms with Crippen LogP contribution in [0.4, 0.5) is 5.69 Å². The van der Waals surface area contributed by atoms with Gasteiger partial charge in [0.2, 0.25) is 5.91 Å². The number of aromatic nitrogens is 1. The fourth-order valence-electron chi connectivity index (χ4n) is 1.08. The summed E-state index contributed by atoms with van der Waals surface area (Å²) in [5, 5.41) is 11.7. The zero-order valence-corrected chi connectivity index (χ0v) is 9.00. The molecule has 0 bridgehead atoms. The molecular weight excluding hydrogens is 216 g/mol. The Morgan fingerprint density at radius 3 is 3.00 bits per heavy atom. The molecule has 0 saturated carbocycles. The molecule has 2 N–H and O–H groups in total. The average molecular weight is 229 g/mol. The van der Waals surface area contributed by atoms with Crippen LogP contribution in [0.5, 0.6) is 0 Å². The first-order valence-corrected chi connectivity index (χ1v) is 5.12. The van der Waals surface area contributed by atoms with Crippen LogP contribution < -0.4 is 5.32 Å². The van der Waals surface area contributed by atoms with Crippen LogP contribution in [0.2, 0.25) is 5.02 Å². The van der Waals surface area contributed by atoms with Crippen molar-refractivity contribution in [2.75, 3.05) is 11.9 Å². The van der Waals surface area contributed by atoms with Gasteiger partial charge in [0.05, 0.1) is 16.9 Å². The first-order chi connectivity index (χ1) is 7.24. The highest BCUT2D eigenvalue weighted by Gasteiger charge is 2.04. The molecule has 0 fully saturated rings. The van der Waals surface area contributed by atoms with Gasteiger partial charge in [-0.1, -0.05) is 11.6 Å². The smallest absolute Gasteiger partial charge is 0.224 e. The number of aliphatic hydroxyl groups excluding tert-OH is 1. The summed E-state index contributed by atoms with van der Waals surface area (Å²) in [6.45, 7) is 0.112. The fraction of sp³-hybridized carbons (Fsp3) is 0.400. The first kappa shape index (κ1) is 11.9. The van der Waals surface area contributed by atoms with Crippen LogP contribution in [-0.2, 0) is 4.79 Å². The number of aliphatic hydroxyl groups is 1. The molecule has 0 aliphatic heterocycles. The number of nitrogens with zero attached hydrogens (tertiary/aromatic N) is 1. The number of hydrogen-bond donors (Lipinski definition) is 2. The lowest BCUT2D eigenvalue weighted by Gasteiger charge is -2.05. The lowest BCUT2D eigenvalue weighted by molar-refractivity contribution is -0.116. The molecule has 1 amide bonds. The minimum Gasteiger partial charge on any atom is -0.396 e. The van der Waals surface area contributed by atoms with Gasteiger partial charge in [-0.25, -0.2) is 0 Å². The van der Waals surface area contributed by atoms with Gasteiger partial charge in [-0.3, -0.25) is 9.78 Å². The number of amides is 1. The highest BCUT2D eigenvalue weighted by molar-refractivity contribution is 6.33. The van der Waals surface area contributed by atoms with Crippen molar-refractivity contribution < 1.29 is 9.90 Å². The number of nitrogens with one attached hydrogen (secondary N) is 1. The second kappa shape index (κ2) is 6.37. The number of pyridine rings is 1. The number of hydrogen-bond acceptors (Lipinski definition) is 3. The van der Waals surface area contributed by atoms with Crippen LogP contribution in [0.3, 0.4) is 0 Å². The Morgan fingerprint density at radius 1 is 1.53 bits per heavy atom. The number of carbonyl (C=O) groups excluding carboxylic acids is 1. The van der Waals surface area contributed by atoms with Crippen molar-refractivity contribution in [3.8, 4) is 0 Å². The van der Waals surface area contributed by atoms with Crippen LogP contribution in [0.15, 0.2) is 18.5 Å². The molecule has 1 rings (SSSR count). The number of halogens is 1. The number of unbranched alkanes of at least 4 members (excludes halogenated alkanes) is 1. The Kier molecular flexibility index (Phi) is 5.07. The van der Waals surface area contributed by atoms with Gasteiger partial charge in [0.25, 0.3) is 0 Å². The van der Waals surface area contributed by atoms with Gasteiger partial charge in [-0.2, -0.15) is 0 Å². The quantitative estimate of drug-likeness (QED) is 0.756. The van der Waals surface area contributed by atoms with Crippen LogP contribution in [0, 0.1) is 0 Å². The SMILES string of the molecule is O=C(CCCCO)Nc1cnccc1Cl. The summed E-state index contributed by atoms with van der Waals surface area (Å²) < 4.78 is 0. The van der Waals surface area contributed by atoms with Crippen molar-refractivity contribution in [1.29, 1.82) is 0 Å². The predicted molar refractivity (Wildman–Crippen MR) is 58.8 cm³/mol. The Labute approximate surface area is 93.3 Å². The highest BCUT2D eigenvalue weighted by atomic mass is 35.5. The second-order valence-electron chi connectivity index (χ2n) is 3.08. The van der Waals surface area contributed by atoms with Crippen LogP contribution >= 0.6 is 11.6 Å². The number of anilines is 1. The van der Waals surface area contributed by atoms with E-state index in [2.05, 4.69) is 10.3 Å². The van der Waals surface area contributed by atoms with E-state index in [0.717, 1.165) is 0 Å². The number of rotatable bonds is 5. The van der Waals surface area contributed by atoms with E-state index in [1.54, 1.807) is 12.3 Å². The summed E-state index contributed by atoms with van der Waals surface area (Å²) in [5.74, 6) is -0.113. The fourth-order valence-corrected chi connectivity index (χ4v) is 1.23. The molecule has 0 aliphatic carbocycles. The van der Waals surface area contributed by atoms with Gasteiger partial charge in [-0.15, -0.1) is 0 Å². The maximum atomic E-state index is 11.4. The summed E-state index contributed by atoms with van der Waals surface area (Å²) in [4.78, 5) is 15.2. The summed E-state index contributed by atoms with van der Waals surface area (Å²) >= 11 is 5.83. The summed E-state index contributed by atoms with van der Waals surface area (Å²) in [5.41, 5.74) is 0.521. The van der Waals surface area contributed by atoms with Gasteiger partial charge >= 0.3 is 0 Å². The van der Waals surface area contributed by atoms with E-state index in [0.29, 0.717) is 30.0 Å². The van der Waals surface area contributed by atoms with Gasteiger partial charge in [0.15, 0.2) is 0 Å². The largest absolute Gasteiger partial charge is 0.396 e. The lowest BCUT2D eigenvalue weighted by atomic mass is 10.2. The zero-order valence-electron chi connectivity index (χ0n) is 8.24. The van der Waals surface area contributed by atoms with Crippen molar-refractivity contribution in [2.24, 2.45) is 0 Å². The van der Waals surface area contributed by atoms with Gasteiger partial charge in [0.1, 0.15) is 0 Å². The summed E-state index contributed by atoms with van der Waals surface area (Å²) in [7, 11) is 0. The third kappa shape index (κ3) is 4.27. The molecule has 0 spiro atoms. The molecule has 0 saturated heterocycles. The minimum absolute atomic E-state index is 0.112. The standard InChI is InChI=1S/C10H13ClN2O2/c11-8-4-5-12-7-9(8)13-10(15)3-1-2-6-14/h4-5,7,14H,1-3,6H2,(H,13,15). The van der Waals surface area contributed by atoms with Crippen LogP contribution in [0.1, 0.15) is 19.3 Å². The molecular formula is C10H13ClN2O2. The topological polar surface area (TPSA) is 62.2 Å². The highest BCUT2D eigenvalue weighted by Crippen LogP contribution is 2.19. The first-order valence-electron chi connectivity index (χ1n) is 4.74. The van der Waals surface area contributed by atoms with Crippen molar-refractivity contribution in [3.05, 3.63) is 23.5 Å². The molecule has 0 aromatic carbocycles. The molecule has 1 aromatic rings. The third-order valence-electron chi connectivity index (χ3n) is 1.85. The lowest BCUT2D eigenvalue weighted by Crippen LogP contribution is -2.11. The van der Waals surface area contributed by atoms with Gasteiger partial charge in [0, 0.05) is 19.2 Å². The Morgan fingerprint density at radius 2 is 2.33 bits per heavy atom. The molecule has 0 unspecified atom stereocenters. The van der Waals surface area contributed by atoms with Crippen molar-refractivity contribution in [3.63, 3.8) is 0 Å². The van der Waals surface area contributed by atoms with Crippen molar-refractivity contribution in [1.82, 2.24) is 4.98 Å². The Hall–Kier alpha value is -1.13. The molecule has 1 heterocycles. The maximum absolute atomic E-state index is 11.4. The molecule has 0 radical (unpaired) electrons. The van der Waals surface area contributed by atoms with Crippen molar-refractivity contribution in [2.45, 2.75) is 19.3 Å². The van der Waals surface area contributed by atoms with Crippen LogP contribution in [-0.4, -0.2) is 22.6 Å². The van der Waals surface area contributed by atoms with E-state index in [1.165, 1.54) is 6.20 Å². The molecule has 1 aromatic heterocycles. The summed E-state index contributed by atoms with van der Waals surface area (Å²) in [6.07, 6.45) is 4.75. The molecule has 0 aliphatic rings. The molecule has 15 heavy (non-hydrogen) atoms. The second-order valence-corrected chi connectivity index (χ2v) is 3.49. The predicted octanol–water partition coefficient (Wildman–Crippen LogP) is 1.84. The zero-order chi connectivity index (χ0) is 11.1. The molecule has 5 heteroatoms. The van der Waals surface area contributed by atoms with Gasteiger partial charge in [-0.05, 0) is 18.9 Å². The Bertz CT molecular complexity index is 331. The minimum atomic E-state index is -0.113. The van der Waals surface area contributed by atoms with E-state index in [1.807, 2.05) is 0 Å². The third-order valence-corrected chi connectivity index (χ3v) is 2.18. The van der Waals surface area contributed by atoms with E-state index < -0.39 is 0 Å². The van der Waals surface area contributed by atoms with E-state index in [9.17, 15) is 4.79 Å². The van der Waals surface area contributed by atoms with Gasteiger partial charge < -0.3 is 10.4 Å². The molecule has 82 valence electrons. The monoisotopic (exact) mass is 228 g/mol. The molecule has 0 atom stereocenters. The normalized spacial score (nSPS) is 10.0. The molecule has 4 nitrogen and oxygen atoms in total. The maximum Gasteiger partial charge on any atom is 0.224 e.